The summed E-state index contributed by atoms with van der Waals surface area (Å²) in [7, 11) is 0. The molecule has 1 aromatic heterocycles. The van der Waals surface area contributed by atoms with E-state index in [1.807, 2.05) is 19.1 Å². The van der Waals surface area contributed by atoms with Crippen molar-refractivity contribution in [2.75, 3.05) is 11.9 Å². The van der Waals surface area contributed by atoms with Crippen molar-refractivity contribution < 1.29 is 4.79 Å². The average molecular weight is 219 g/mol. The highest BCUT2D eigenvalue weighted by Gasteiger charge is 2.29. The number of carbonyl (C=O) groups is 1. The van der Waals surface area contributed by atoms with Gasteiger partial charge < -0.3 is 10.6 Å². The van der Waals surface area contributed by atoms with Gasteiger partial charge in [-0.3, -0.25) is 9.78 Å². The number of pyridine rings is 1. The van der Waals surface area contributed by atoms with Gasteiger partial charge in [-0.25, -0.2) is 0 Å². The van der Waals surface area contributed by atoms with E-state index in [0.717, 1.165) is 24.3 Å². The molecule has 1 fully saturated rings. The lowest BCUT2D eigenvalue weighted by molar-refractivity contribution is -0.118. The Hall–Kier alpha value is -1.42. The standard InChI is InChI=1S/C12H17N3O/c1-8-5-6-13-11(8)12(16)15-10-4-3-9(2)14-7-10/h3-4,7-8,11,13H,5-6H2,1-2H3,(H,15,16). The highest BCUT2D eigenvalue weighted by molar-refractivity contribution is 5.95. The zero-order valence-corrected chi connectivity index (χ0v) is 9.66. The summed E-state index contributed by atoms with van der Waals surface area (Å²) in [4.78, 5) is 16.1. The molecule has 2 unspecified atom stereocenters. The van der Waals surface area contributed by atoms with Gasteiger partial charge in [0.25, 0.3) is 0 Å². The Balaban J connectivity index is 1.99. The first-order valence-corrected chi connectivity index (χ1v) is 5.64. The fraction of sp³-hybridized carbons (Fsp3) is 0.500. The van der Waals surface area contributed by atoms with E-state index in [1.165, 1.54) is 0 Å². The maximum Gasteiger partial charge on any atom is 0.241 e. The molecule has 2 N–H and O–H groups in total. The third-order valence-corrected chi connectivity index (χ3v) is 2.99. The highest BCUT2D eigenvalue weighted by Crippen LogP contribution is 2.16. The third kappa shape index (κ3) is 2.39. The Morgan fingerprint density at radius 1 is 1.56 bits per heavy atom. The van der Waals surface area contributed by atoms with Crippen LogP contribution in [0.15, 0.2) is 18.3 Å². The topological polar surface area (TPSA) is 54.0 Å². The van der Waals surface area contributed by atoms with E-state index in [0.29, 0.717) is 5.92 Å². The van der Waals surface area contributed by atoms with Crippen LogP contribution in [-0.2, 0) is 4.79 Å². The predicted molar refractivity (Wildman–Crippen MR) is 63.2 cm³/mol. The summed E-state index contributed by atoms with van der Waals surface area (Å²) in [5.41, 5.74) is 1.71. The summed E-state index contributed by atoms with van der Waals surface area (Å²) >= 11 is 0. The van der Waals surface area contributed by atoms with Gasteiger partial charge in [0.15, 0.2) is 0 Å². The summed E-state index contributed by atoms with van der Waals surface area (Å²) in [5, 5.41) is 6.08. The van der Waals surface area contributed by atoms with Crippen LogP contribution in [0, 0.1) is 12.8 Å². The van der Waals surface area contributed by atoms with Gasteiger partial charge in [0.1, 0.15) is 0 Å². The Labute approximate surface area is 95.5 Å². The van der Waals surface area contributed by atoms with Crippen molar-refractivity contribution in [1.82, 2.24) is 10.3 Å². The number of amides is 1. The molecule has 1 aliphatic heterocycles. The van der Waals surface area contributed by atoms with Gasteiger partial charge >= 0.3 is 0 Å². The molecular formula is C12H17N3O. The third-order valence-electron chi connectivity index (χ3n) is 2.99. The largest absolute Gasteiger partial charge is 0.323 e. The van der Waals surface area contributed by atoms with Gasteiger partial charge in [0.05, 0.1) is 17.9 Å². The highest BCUT2D eigenvalue weighted by atomic mass is 16.2. The second kappa shape index (κ2) is 4.61. The fourth-order valence-electron chi connectivity index (χ4n) is 1.95. The Kier molecular flexibility index (Phi) is 3.19. The molecule has 0 spiro atoms. The van der Waals surface area contributed by atoms with Crippen molar-refractivity contribution in [1.29, 1.82) is 0 Å². The van der Waals surface area contributed by atoms with Crippen molar-refractivity contribution >= 4 is 11.6 Å². The van der Waals surface area contributed by atoms with Crippen LogP contribution < -0.4 is 10.6 Å². The summed E-state index contributed by atoms with van der Waals surface area (Å²) in [5.74, 6) is 0.439. The molecule has 0 aromatic carbocycles. The van der Waals surface area contributed by atoms with Crippen LogP contribution in [0.25, 0.3) is 0 Å². The van der Waals surface area contributed by atoms with Crippen LogP contribution in [0.4, 0.5) is 5.69 Å². The molecule has 16 heavy (non-hydrogen) atoms. The van der Waals surface area contributed by atoms with E-state index in [2.05, 4.69) is 22.5 Å². The van der Waals surface area contributed by atoms with Crippen LogP contribution in [-0.4, -0.2) is 23.5 Å². The van der Waals surface area contributed by atoms with E-state index >= 15 is 0 Å². The van der Waals surface area contributed by atoms with Gasteiger partial charge in [-0.1, -0.05) is 6.92 Å². The predicted octanol–water partition coefficient (Wildman–Crippen LogP) is 1.33. The van der Waals surface area contributed by atoms with Crippen LogP contribution in [0.5, 0.6) is 0 Å². The zero-order chi connectivity index (χ0) is 11.5. The zero-order valence-electron chi connectivity index (χ0n) is 9.66. The lowest BCUT2D eigenvalue weighted by Crippen LogP contribution is -2.39. The minimum atomic E-state index is -0.0682. The van der Waals surface area contributed by atoms with Crippen LogP contribution in [0.2, 0.25) is 0 Å². The molecule has 2 heterocycles. The first-order valence-electron chi connectivity index (χ1n) is 5.64. The minimum absolute atomic E-state index is 0.0376. The number of nitrogens with zero attached hydrogens (tertiary/aromatic N) is 1. The van der Waals surface area contributed by atoms with E-state index in [1.54, 1.807) is 6.20 Å². The summed E-state index contributed by atoms with van der Waals surface area (Å²) in [6.07, 6.45) is 2.75. The summed E-state index contributed by atoms with van der Waals surface area (Å²) in [6, 6.07) is 3.70. The molecule has 0 aliphatic carbocycles. The van der Waals surface area contributed by atoms with Gasteiger partial charge in [-0.05, 0) is 37.9 Å². The Morgan fingerprint density at radius 2 is 2.38 bits per heavy atom. The molecule has 0 radical (unpaired) electrons. The number of rotatable bonds is 2. The van der Waals surface area contributed by atoms with E-state index in [-0.39, 0.29) is 11.9 Å². The normalized spacial score (nSPS) is 24.4. The monoisotopic (exact) mass is 219 g/mol. The molecule has 0 saturated carbocycles. The number of nitrogens with one attached hydrogen (secondary N) is 2. The number of aromatic nitrogens is 1. The molecular weight excluding hydrogens is 202 g/mol. The Morgan fingerprint density at radius 3 is 2.94 bits per heavy atom. The smallest absolute Gasteiger partial charge is 0.241 e. The quantitative estimate of drug-likeness (QED) is 0.789. The molecule has 1 aromatic rings. The molecule has 86 valence electrons. The molecule has 2 rings (SSSR count). The fourth-order valence-corrected chi connectivity index (χ4v) is 1.95. The average Bonchev–Trinajstić information content (AvgIpc) is 2.68. The van der Waals surface area contributed by atoms with Crippen molar-refractivity contribution in [3.8, 4) is 0 Å². The number of hydrogen-bond donors (Lipinski definition) is 2. The maximum atomic E-state index is 11.9. The molecule has 4 nitrogen and oxygen atoms in total. The number of anilines is 1. The second-order valence-corrected chi connectivity index (χ2v) is 4.38. The SMILES string of the molecule is Cc1ccc(NC(=O)C2NCCC2C)cn1. The molecule has 0 bridgehead atoms. The van der Waals surface area contributed by atoms with E-state index in [9.17, 15) is 4.79 Å². The van der Waals surface area contributed by atoms with Crippen molar-refractivity contribution in [2.24, 2.45) is 5.92 Å². The van der Waals surface area contributed by atoms with Crippen LogP contribution >= 0.6 is 0 Å². The number of hydrogen-bond acceptors (Lipinski definition) is 3. The summed E-state index contributed by atoms with van der Waals surface area (Å²) < 4.78 is 0. The lowest BCUT2D eigenvalue weighted by atomic mass is 10.0. The van der Waals surface area contributed by atoms with Gasteiger partial charge in [-0.2, -0.15) is 0 Å². The van der Waals surface area contributed by atoms with Crippen molar-refractivity contribution in [3.05, 3.63) is 24.0 Å². The minimum Gasteiger partial charge on any atom is -0.323 e. The second-order valence-electron chi connectivity index (χ2n) is 4.38. The Bertz CT molecular complexity index is 374. The van der Waals surface area contributed by atoms with E-state index in [4.69, 9.17) is 0 Å². The maximum absolute atomic E-state index is 11.9. The van der Waals surface area contributed by atoms with Gasteiger partial charge in [0, 0.05) is 5.69 Å². The molecule has 1 saturated heterocycles. The van der Waals surface area contributed by atoms with Crippen LogP contribution in [0.3, 0.4) is 0 Å². The lowest BCUT2D eigenvalue weighted by Gasteiger charge is -2.15. The van der Waals surface area contributed by atoms with Gasteiger partial charge in [-0.15, -0.1) is 0 Å². The molecule has 4 heteroatoms. The van der Waals surface area contributed by atoms with Crippen LogP contribution in [0.1, 0.15) is 19.0 Å². The van der Waals surface area contributed by atoms with Crippen molar-refractivity contribution in [2.45, 2.75) is 26.3 Å². The first-order chi connectivity index (χ1) is 7.66. The molecule has 2 atom stereocenters. The number of carbonyl (C=O) groups excluding carboxylic acids is 1. The summed E-state index contributed by atoms with van der Waals surface area (Å²) in [6.45, 7) is 4.94. The van der Waals surface area contributed by atoms with Crippen molar-refractivity contribution in [3.63, 3.8) is 0 Å². The molecule has 1 aliphatic rings. The number of aryl methyl sites for hydroxylation is 1. The first kappa shape index (κ1) is 11.1. The van der Waals surface area contributed by atoms with Gasteiger partial charge in [0.2, 0.25) is 5.91 Å². The molecule has 1 amide bonds. The van der Waals surface area contributed by atoms with E-state index < -0.39 is 0 Å².